The molecule has 0 aromatic carbocycles. The topological polar surface area (TPSA) is 55.1 Å². The highest BCUT2D eigenvalue weighted by Crippen LogP contribution is 2.18. The highest BCUT2D eigenvalue weighted by atomic mass is 32.1. The molecule has 1 rings (SSSR count). The van der Waals surface area contributed by atoms with Gasteiger partial charge in [0.1, 0.15) is 0 Å². The minimum Gasteiger partial charge on any atom is -0.390 e. The van der Waals surface area contributed by atoms with Gasteiger partial charge in [-0.25, -0.2) is 0 Å². The first-order valence-electron chi connectivity index (χ1n) is 4.87. The van der Waals surface area contributed by atoms with Crippen molar-refractivity contribution in [3.05, 3.63) is 17.0 Å². The molecule has 0 aliphatic carbocycles. The Morgan fingerprint density at radius 3 is 2.93 bits per heavy atom. The molecule has 0 atom stereocenters. The first-order chi connectivity index (χ1) is 6.75. The Morgan fingerprint density at radius 1 is 1.57 bits per heavy atom. The molecule has 3 nitrogen and oxygen atoms in total. The van der Waals surface area contributed by atoms with Crippen LogP contribution in [0.3, 0.4) is 0 Å². The Labute approximate surface area is 88.3 Å². The van der Waals surface area contributed by atoms with Crippen LogP contribution in [0.4, 0.5) is 5.00 Å². The zero-order valence-electron chi connectivity index (χ0n) is 8.38. The van der Waals surface area contributed by atoms with Crippen molar-refractivity contribution in [2.45, 2.75) is 26.2 Å². The highest BCUT2D eigenvalue weighted by Gasteiger charge is 2.08. The summed E-state index contributed by atoms with van der Waals surface area (Å²) in [5.41, 5.74) is 6.23. The second-order valence-corrected chi connectivity index (χ2v) is 4.11. The molecule has 1 heterocycles. The molecule has 0 saturated heterocycles. The number of rotatable bonds is 5. The summed E-state index contributed by atoms with van der Waals surface area (Å²) in [6, 6.07) is 1.76. The number of nitrogens with two attached hydrogens (primary N) is 1. The molecule has 78 valence electrons. The van der Waals surface area contributed by atoms with Gasteiger partial charge in [0.15, 0.2) is 0 Å². The molecule has 0 radical (unpaired) electrons. The minimum absolute atomic E-state index is 0.0557. The minimum atomic E-state index is -0.0557. The summed E-state index contributed by atoms with van der Waals surface area (Å²) in [7, 11) is 0. The van der Waals surface area contributed by atoms with E-state index in [0.717, 1.165) is 25.8 Å². The number of amides is 1. The van der Waals surface area contributed by atoms with Crippen molar-refractivity contribution in [1.82, 2.24) is 5.32 Å². The van der Waals surface area contributed by atoms with E-state index < -0.39 is 0 Å². The fourth-order valence-corrected chi connectivity index (χ4v) is 1.82. The van der Waals surface area contributed by atoms with Gasteiger partial charge in [0.25, 0.3) is 5.91 Å². The fourth-order valence-electron chi connectivity index (χ4n) is 1.18. The third kappa shape index (κ3) is 3.03. The zero-order chi connectivity index (χ0) is 10.4. The van der Waals surface area contributed by atoms with Crippen molar-refractivity contribution in [2.24, 2.45) is 0 Å². The monoisotopic (exact) mass is 212 g/mol. The zero-order valence-corrected chi connectivity index (χ0v) is 9.19. The molecule has 1 aromatic heterocycles. The molecule has 0 unspecified atom stereocenters. The van der Waals surface area contributed by atoms with Gasteiger partial charge in [-0.05, 0) is 17.9 Å². The maximum absolute atomic E-state index is 11.5. The molecule has 0 aliphatic heterocycles. The van der Waals surface area contributed by atoms with Gasteiger partial charge in [-0.1, -0.05) is 19.8 Å². The van der Waals surface area contributed by atoms with Gasteiger partial charge in [0.05, 0.1) is 10.6 Å². The molecule has 0 saturated carbocycles. The predicted molar refractivity (Wildman–Crippen MR) is 60.6 cm³/mol. The lowest BCUT2D eigenvalue weighted by atomic mass is 10.2. The van der Waals surface area contributed by atoms with Gasteiger partial charge < -0.3 is 11.1 Å². The molecule has 4 heteroatoms. The average molecular weight is 212 g/mol. The highest BCUT2D eigenvalue weighted by molar-refractivity contribution is 7.14. The maximum Gasteiger partial charge on any atom is 0.254 e. The molecule has 0 bridgehead atoms. The van der Waals surface area contributed by atoms with Gasteiger partial charge in [0, 0.05) is 6.54 Å². The summed E-state index contributed by atoms with van der Waals surface area (Å²) in [5, 5.41) is 5.27. The SMILES string of the molecule is CCCCCNC(=O)c1ccsc1N. The Kier molecular flexibility index (Phi) is 4.46. The van der Waals surface area contributed by atoms with E-state index in [0.29, 0.717) is 10.6 Å². The first-order valence-corrected chi connectivity index (χ1v) is 5.74. The summed E-state index contributed by atoms with van der Waals surface area (Å²) < 4.78 is 0. The smallest absolute Gasteiger partial charge is 0.254 e. The van der Waals surface area contributed by atoms with Gasteiger partial charge in [-0.3, -0.25) is 4.79 Å². The molecular formula is C10H16N2OS. The number of hydrogen-bond acceptors (Lipinski definition) is 3. The number of unbranched alkanes of at least 4 members (excludes halogenated alkanes) is 2. The van der Waals surface area contributed by atoms with E-state index >= 15 is 0 Å². The standard InChI is InChI=1S/C10H16N2OS/c1-2-3-4-6-12-10(13)8-5-7-14-9(8)11/h5,7H,2-4,6,11H2,1H3,(H,12,13). The predicted octanol–water partition coefficient (Wildman–Crippen LogP) is 2.25. The van der Waals surface area contributed by atoms with Crippen LogP contribution < -0.4 is 11.1 Å². The van der Waals surface area contributed by atoms with Crippen LogP contribution >= 0.6 is 11.3 Å². The van der Waals surface area contributed by atoms with Crippen LogP contribution in [-0.4, -0.2) is 12.5 Å². The van der Waals surface area contributed by atoms with E-state index in [1.807, 2.05) is 5.38 Å². The average Bonchev–Trinajstić information content (AvgIpc) is 2.59. The third-order valence-electron chi connectivity index (χ3n) is 2.01. The van der Waals surface area contributed by atoms with Crippen molar-refractivity contribution in [1.29, 1.82) is 0 Å². The molecule has 1 amide bonds. The molecule has 3 N–H and O–H groups in total. The second kappa shape index (κ2) is 5.65. The Balaban J connectivity index is 2.32. The second-order valence-electron chi connectivity index (χ2n) is 3.16. The van der Waals surface area contributed by atoms with Gasteiger partial charge in [-0.2, -0.15) is 0 Å². The van der Waals surface area contributed by atoms with E-state index in [1.54, 1.807) is 6.07 Å². The third-order valence-corrected chi connectivity index (χ3v) is 2.75. The number of nitrogen functional groups attached to an aromatic ring is 1. The lowest BCUT2D eigenvalue weighted by molar-refractivity contribution is 0.0954. The number of nitrogens with one attached hydrogen (secondary N) is 1. The van der Waals surface area contributed by atoms with Crippen molar-refractivity contribution in [3.8, 4) is 0 Å². The molecule has 14 heavy (non-hydrogen) atoms. The van der Waals surface area contributed by atoms with Gasteiger partial charge in [0.2, 0.25) is 0 Å². The Morgan fingerprint density at radius 2 is 2.36 bits per heavy atom. The van der Waals surface area contributed by atoms with Gasteiger partial charge >= 0.3 is 0 Å². The lowest BCUT2D eigenvalue weighted by Crippen LogP contribution is -2.24. The van der Waals surface area contributed by atoms with Crippen molar-refractivity contribution >= 4 is 22.2 Å². The summed E-state index contributed by atoms with van der Waals surface area (Å²) in [4.78, 5) is 11.5. The fraction of sp³-hybridized carbons (Fsp3) is 0.500. The summed E-state index contributed by atoms with van der Waals surface area (Å²) >= 11 is 1.39. The Hall–Kier alpha value is -1.03. The van der Waals surface area contributed by atoms with Crippen LogP contribution in [0, 0.1) is 0 Å². The van der Waals surface area contributed by atoms with Crippen molar-refractivity contribution < 1.29 is 4.79 Å². The summed E-state index contributed by atoms with van der Waals surface area (Å²) in [6.07, 6.45) is 3.35. The van der Waals surface area contributed by atoms with E-state index in [4.69, 9.17) is 5.73 Å². The van der Waals surface area contributed by atoms with Crippen molar-refractivity contribution in [3.63, 3.8) is 0 Å². The first kappa shape index (κ1) is 11.0. The molecule has 0 spiro atoms. The molecule has 1 aromatic rings. The number of carbonyl (C=O) groups is 1. The largest absolute Gasteiger partial charge is 0.390 e. The number of hydrogen-bond donors (Lipinski definition) is 2. The Bertz CT molecular complexity index is 296. The number of carbonyl (C=O) groups excluding carboxylic acids is 1. The summed E-state index contributed by atoms with van der Waals surface area (Å²) in [5.74, 6) is -0.0557. The number of thiophene rings is 1. The van der Waals surface area contributed by atoms with Crippen LogP contribution in [0.2, 0.25) is 0 Å². The van der Waals surface area contributed by atoms with Crippen LogP contribution in [0.25, 0.3) is 0 Å². The van der Waals surface area contributed by atoms with E-state index in [-0.39, 0.29) is 5.91 Å². The van der Waals surface area contributed by atoms with Crippen molar-refractivity contribution in [2.75, 3.05) is 12.3 Å². The van der Waals surface area contributed by atoms with Crippen LogP contribution in [-0.2, 0) is 0 Å². The summed E-state index contributed by atoms with van der Waals surface area (Å²) in [6.45, 7) is 2.88. The van der Waals surface area contributed by atoms with E-state index in [2.05, 4.69) is 12.2 Å². The molecule has 0 fully saturated rings. The molecule has 0 aliphatic rings. The maximum atomic E-state index is 11.5. The molecular weight excluding hydrogens is 196 g/mol. The normalized spacial score (nSPS) is 10.1. The number of anilines is 1. The van der Waals surface area contributed by atoms with Crippen LogP contribution in [0.15, 0.2) is 11.4 Å². The van der Waals surface area contributed by atoms with Crippen LogP contribution in [0.5, 0.6) is 0 Å². The van der Waals surface area contributed by atoms with Gasteiger partial charge in [-0.15, -0.1) is 11.3 Å². The van der Waals surface area contributed by atoms with E-state index in [1.165, 1.54) is 11.3 Å². The van der Waals surface area contributed by atoms with Crippen LogP contribution in [0.1, 0.15) is 36.5 Å². The lowest BCUT2D eigenvalue weighted by Gasteiger charge is -2.03. The quantitative estimate of drug-likeness (QED) is 0.735. The van der Waals surface area contributed by atoms with E-state index in [9.17, 15) is 4.79 Å².